The first-order valence-corrected chi connectivity index (χ1v) is 10.5. The van der Waals surface area contributed by atoms with Crippen molar-refractivity contribution in [2.75, 3.05) is 0 Å². The smallest absolute Gasteiger partial charge is 0.420 e. The molecule has 0 fully saturated rings. The van der Waals surface area contributed by atoms with Gasteiger partial charge in [-0.2, -0.15) is 39.5 Å². The van der Waals surface area contributed by atoms with E-state index in [2.05, 4.69) is 10.2 Å². The van der Waals surface area contributed by atoms with Crippen molar-refractivity contribution in [1.82, 2.24) is 10.2 Å². The second-order valence-corrected chi connectivity index (χ2v) is 8.07. The van der Waals surface area contributed by atoms with Crippen molar-refractivity contribution >= 4 is 21.5 Å². The molecule has 0 radical (unpaired) electrons. The molecule has 5 rings (SSSR count). The zero-order valence-electron chi connectivity index (χ0n) is 18.5. The Morgan fingerprint density at radius 3 is 1.87 bits per heavy atom. The number of hydrogen-bond donors (Lipinski definition) is 0. The highest BCUT2D eigenvalue weighted by Crippen LogP contribution is 2.49. The second kappa shape index (κ2) is 8.64. The predicted octanol–water partition coefficient (Wildman–Crippen LogP) is 8.89. The van der Waals surface area contributed by atoms with Gasteiger partial charge in [0.15, 0.2) is 5.76 Å². The molecule has 5 aromatic rings. The van der Waals surface area contributed by atoms with E-state index in [1.165, 1.54) is 24.5 Å². The molecule has 0 aliphatic rings. The predicted molar refractivity (Wildman–Crippen MR) is 116 cm³/mol. The Morgan fingerprint density at radius 2 is 1.32 bits per heavy atom. The Bertz CT molecular complexity index is 1650. The van der Waals surface area contributed by atoms with Crippen LogP contribution >= 0.6 is 0 Å². The van der Waals surface area contributed by atoms with E-state index >= 15 is 0 Å². The first-order chi connectivity index (χ1) is 17.7. The van der Waals surface area contributed by atoms with Crippen molar-refractivity contribution in [3.05, 3.63) is 83.6 Å². The number of alkyl halides is 9. The standard InChI is InChI=1S/C25H11F9N2O2/c26-23(27,28)14-10-17(24(29,30)31)20(25(32,33)34)19(11-14)38-22-16-9-13-5-2-1-4-12(13)8-15(16)21(35-36-22)18-6-3-7-37-18/h1-11H. The summed E-state index contributed by atoms with van der Waals surface area (Å²) in [6.07, 6.45) is -15.6. The molecule has 0 saturated heterocycles. The van der Waals surface area contributed by atoms with Crippen LogP contribution in [0.25, 0.3) is 33.0 Å². The molecule has 0 unspecified atom stereocenters. The number of aromatic nitrogens is 2. The molecule has 13 heteroatoms. The van der Waals surface area contributed by atoms with Gasteiger partial charge in [0.25, 0.3) is 0 Å². The van der Waals surface area contributed by atoms with Gasteiger partial charge in [-0.05, 0) is 47.2 Å². The molecule has 0 bridgehead atoms. The number of fused-ring (bicyclic) bond motifs is 2. The van der Waals surface area contributed by atoms with Gasteiger partial charge in [-0.25, -0.2) is 0 Å². The lowest BCUT2D eigenvalue weighted by atomic mass is 10.0. The van der Waals surface area contributed by atoms with Crippen LogP contribution in [-0.2, 0) is 18.5 Å². The van der Waals surface area contributed by atoms with Crippen molar-refractivity contribution in [3.8, 4) is 23.1 Å². The fraction of sp³-hybridized carbons (Fsp3) is 0.120. The van der Waals surface area contributed by atoms with E-state index in [0.717, 1.165) is 0 Å². The maximum Gasteiger partial charge on any atom is 0.420 e. The number of hydrogen-bond acceptors (Lipinski definition) is 4. The van der Waals surface area contributed by atoms with Crippen LogP contribution in [0.3, 0.4) is 0 Å². The van der Waals surface area contributed by atoms with E-state index in [0.29, 0.717) is 10.8 Å². The summed E-state index contributed by atoms with van der Waals surface area (Å²) in [4.78, 5) is 0. The van der Waals surface area contributed by atoms with E-state index in [-0.39, 0.29) is 28.3 Å². The number of ether oxygens (including phenoxy) is 1. The topological polar surface area (TPSA) is 48.2 Å². The third-order valence-corrected chi connectivity index (χ3v) is 5.59. The summed E-state index contributed by atoms with van der Waals surface area (Å²) >= 11 is 0. The molecule has 196 valence electrons. The largest absolute Gasteiger partial charge is 0.463 e. The summed E-state index contributed by atoms with van der Waals surface area (Å²) in [5, 5.41) is 9.00. The van der Waals surface area contributed by atoms with Crippen molar-refractivity contribution in [2.24, 2.45) is 0 Å². The summed E-state index contributed by atoms with van der Waals surface area (Å²) in [5.74, 6) is -2.26. The van der Waals surface area contributed by atoms with Gasteiger partial charge in [0.1, 0.15) is 17.0 Å². The van der Waals surface area contributed by atoms with Gasteiger partial charge in [-0.3, -0.25) is 0 Å². The maximum atomic E-state index is 13.8. The molecule has 0 N–H and O–H groups in total. The molecule has 0 amide bonds. The lowest BCUT2D eigenvalue weighted by Gasteiger charge is -2.21. The highest BCUT2D eigenvalue weighted by Gasteiger charge is 2.48. The lowest BCUT2D eigenvalue weighted by molar-refractivity contribution is -0.164. The summed E-state index contributed by atoms with van der Waals surface area (Å²) in [7, 11) is 0. The van der Waals surface area contributed by atoms with E-state index in [1.807, 2.05) is 0 Å². The van der Waals surface area contributed by atoms with Gasteiger partial charge in [-0.1, -0.05) is 24.3 Å². The molecular weight excluding hydrogens is 531 g/mol. The number of halogens is 9. The Morgan fingerprint density at radius 1 is 0.658 bits per heavy atom. The van der Waals surface area contributed by atoms with Crippen molar-refractivity contribution in [2.45, 2.75) is 18.5 Å². The minimum Gasteiger partial charge on any atom is -0.463 e. The van der Waals surface area contributed by atoms with Crippen LogP contribution in [0.5, 0.6) is 11.6 Å². The third kappa shape index (κ3) is 4.59. The Labute approximate surface area is 206 Å². The molecule has 38 heavy (non-hydrogen) atoms. The third-order valence-electron chi connectivity index (χ3n) is 5.59. The van der Waals surface area contributed by atoms with Crippen molar-refractivity contribution in [3.63, 3.8) is 0 Å². The molecule has 0 aliphatic carbocycles. The van der Waals surface area contributed by atoms with Crippen LogP contribution in [0.2, 0.25) is 0 Å². The lowest BCUT2D eigenvalue weighted by Crippen LogP contribution is -2.20. The van der Waals surface area contributed by atoms with Crippen molar-refractivity contribution < 1.29 is 48.7 Å². The quantitative estimate of drug-likeness (QED) is 0.169. The Hall–Kier alpha value is -4.29. The van der Waals surface area contributed by atoms with Crippen LogP contribution in [0.4, 0.5) is 39.5 Å². The van der Waals surface area contributed by atoms with Crippen LogP contribution < -0.4 is 4.74 Å². The highest BCUT2D eigenvalue weighted by molar-refractivity contribution is 6.05. The number of rotatable bonds is 3. The van der Waals surface area contributed by atoms with Gasteiger partial charge in [0, 0.05) is 10.8 Å². The summed E-state index contributed by atoms with van der Waals surface area (Å²) in [6, 6.07) is 12.0. The first-order valence-electron chi connectivity index (χ1n) is 10.5. The average Bonchev–Trinajstić information content (AvgIpc) is 3.35. The van der Waals surface area contributed by atoms with E-state index in [9.17, 15) is 39.5 Å². The average molecular weight is 542 g/mol. The van der Waals surface area contributed by atoms with Gasteiger partial charge < -0.3 is 9.15 Å². The second-order valence-electron chi connectivity index (χ2n) is 8.07. The zero-order valence-corrected chi connectivity index (χ0v) is 18.5. The van der Waals surface area contributed by atoms with Crippen LogP contribution in [0.1, 0.15) is 16.7 Å². The maximum absolute atomic E-state index is 13.8. The highest BCUT2D eigenvalue weighted by atomic mass is 19.4. The summed E-state index contributed by atoms with van der Waals surface area (Å²) in [5.41, 5.74) is -6.84. The monoisotopic (exact) mass is 542 g/mol. The normalized spacial score (nSPS) is 12.9. The fourth-order valence-electron chi connectivity index (χ4n) is 3.97. The number of furan rings is 1. The van der Waals surface area contributed by atoms with E-state index in [1.54, 1.807) is 30.3 Å². The van der Waals surface area contributed by atoms with Crippen LogP contribution in [0.15, 0.2) is 71.3 Å². The van der Waals surface area contributed by atoms with Gasteiger partial charge in [-0.15, -0.1) is 10.2 Å². The van der Waals surface area contributed by atoms with E-state index < -0.39 is 52.9 Å². The molecule has 0 spiro atoms. The summed E-state index contributed by atoms with van der Waals surface area (Å²) < 4.78 is 133. The van der Waals surface area contributed by atoms with Crippen LogP contribution in [0, 0.1) is 0 Å². The Balaban J connectivity index is 1.80. The van der Waals surface area contributed by atoms with Gasteiger partial charge in [0.2, 0.25) is 5.88 Å². The first kappa shape index (κ1) is 25.4. The summed E-state index contributed by atoms with van der Waals surface area (Å²) in [6.45, 7) is 0. The molecule has 0 saturated carbocycles. The molecular formula is C25H11F9N2O2. The van der Waals surface area contributed by atoms with Crippen molar-refractivity contribution in [1.29, 1.82) is 0 Å². The molecule has 2 aromatic heterocycles. The molecule has 4 nitrogen and oxygen atoms in total. The molecule has 0 aliphatic heterocycles. The van der Waals surface area contributed by atoms with Gasteiger partial charge in [0.05, 0.1) is 17.4 Å². The number of benzene rings is 3. The zero-order chi connectivity index (χ0) is 27.5. The van der Waals surface area contributed by atoms with Gasteiger partial charge >= 0.3 is 18.5 Å². The molecule has 2 heterocycles. The fourth-order valence-corrected chi connectivity index (χ4v) is 3.97. The molecule has 3 aromatic carbocycles. The van der Waals surface area contributed by atoms with E-state index in [4.69, 9.17) is 9.15 Å². The SMILES string of the molecule is FC(F)(F)c1cc(Oc2nnc(-c3ccco3)c3cc4ccccc4cc23)c(C(F)(F)F)c(C(F)(F)F)c1. The minimum absolute atomic E-state index is 0.0239. The van der Waals surface area contributed by atoms with Crippen LogP contribution in [-0.4, -0.2) is 10.2 Å². The number of nitrogens with zero attached hydrogens (tertiary/aromatic N) is 2. The molecule has 0 atom stereocenters. The minimum atomic E-state index is -5.78. The Kier molecular flexibility index (Phi) is 5.76.